The van der Waals surface area contributed by atoms with Gasteiger partial charge in [-0.2, -0.15) is 0 Å². The lowest BCUT2D eigenvalue weighted by Crippen LogP contribution is -2.54. The number of carbonyl (C=O) groups excluding carboxylic acids is 2. The van der Waals surface area contributed by atoms with Gasteiger partial charge in [0, 0.05) is 27.7 Å². The van der Waals surface area contributed by atoms with Crippen molar-refractivity contribution in [3.05, 3.63) is 87.9 Å². The van der Waals surface area contributed by atoms with E-state index < -0.39 is 40.0 Å². The Balaban J connectivity index is 2.06. The number of amides is 2. The van der Waals surface area contributed by atoms with Gasteiger partial charge in [0.1, 0.15) is 18.3 Å². The SMILES string of the molecule is CCOc1ccc(S(=O)(=O)N(CC(=O)N(Cc2c(Cl)cccc2Cl)C(C)C(=O)NC(C)(C)C)c2ccc(C)cc2)cc1. The van der Waals surface area contributed by atoms with E-state index in [0.717, 1.165) is 9.87 Å². The predicted molar refractivity (Wildman–Crippen MR) is 168 cm³/mol. The number of nitrogens with one attached hydrogen (secondary N) is 1. The van der Waals surface area contributed by atoms with Crippen molar-refractivity contribution in [2.24, 2.45) is 0 Å². The summed E-state index contributed by atoms with van der Waals surface area (Å²) in [6, 6.07) is 16.8. The van der Waals surface area contributed by atoms with E-state index in [1.807, 2.05) is 34.6 Å². The van der Waals surface area contributed by atoms with Crippen molar-refractivity contribution in [1.82, 2.24) is 10.2 Å². The van der Waals surface area contributed by atoms with Gasteiger partial charge in [-0.15, -0.1) is 0 Å². The molecule has 0 radical (unpaired) electrons. The van der Waals surface area contributed by atoms with Crippen molar-refractivity contribution in [2.75, 3.05) is 17.5 Å². The van der Waals surface area contributed by atoms with Gasteiger partial charge in [0.2, 0.25) is 11.8 Å². The number of hydrogen-bond donors (Lipinski definition) is 1. The molecule has 0 heterocycles. The van der Waals surface area contributed by atoms with Crippen molar-refractivity contribution in [3.63, 3.8) is 0 Å². The van der Waals surface area contributed by atoms with Crippen LogP contribution in [-0.2, 0) is 26.2 Å². The minimum Gasteiger partial charge on any atom is -0.494 e. The fraction of sp³-hybridized carbons (Fsp3) is 0.355. The maximum Gasteiger partial charge on any atom is 0.264 e. The van der Waals surface area contributed by atoms with Crippen molar-refractivity contribution in [1.29, 1.82) is 0 Å². The van der Waals surface area contributed by atoms with Gasteiger partial charge in [-0.25, -0.2) is 8.42 Å². The molecule has 0 spiro atoms. The molecule has 42 heavy (non-hydrogen) atoms. The summed E-state index contributed by atoms with van der Waals surface area (Å²) >= 11 is 12.9. The smallest absolute Gasteiger partial charge is 0.264 e. The van der Waals surface area contributed by atoms with Crippen LogP contribution in [0.25, 0.3) is 0 Å². The van der Waals surface area contributed by atoms with E-state index in [-0.39, 0.29) is 11.4 Å². The Bertz CT molecular complexity index is 1480. The Morgan fingerprint density at radius 3 is 2.05 bits per heavy atom. The summed E-state index contributed by atoms with van der Waals surface area (Å²) in [7, 11) is -4.21. The molecule has 0 saturated heterocycles. The molecule has 0 aliphatic rings. The molecule has 3 rings (SSSR count). The van der Waals surface area contributed by atoms with Crippen molar-refractivity contribution in [2.45, 2.75) is 64.6 Å². The Labute approximate surface area is 258 Å². The third kappa shape index (κ3) is 8.40. The van der Waals surface area contributed by atoms with E-state index >= 15 is 0 Å². The maximum absolute atomic E-state index is 14.1. The summed E-state index contributed by atoms with van der Waals surface area (Å²) in [6.45, 7) is 10.5. The number of sulfonamides is 1. The zero-order valence-corrected chi connectivity index (χ0v) is 27.0. The molecular formula is C31H37Cl2N3O5S. The van der Waals surface area contributed by atoms with Crippen LogP contribution in [0.5, 0.6) is 5.75 Å². The van der Waals surface area contributed by atoms with E-state index in [2.05, 4.69) is 5.32 Å². The van der Waals surface area contributed by atoms with Crippen LogP contribution in [0.15, 0.2) is 71.6 Å². The Morgan fingerprint density at radius 1 is 0.952 bits per heavy atom. The Hall–Kier alpha value is -3.27. The predicted octanol–water partition coefficient (Wildman–Crippen LogP) is 6.23. The minimum absolute atomic E-state index is 0.0152. The second kappa shape index (κ2) is 13.8. The van der Waals surface area contributed by atoms with Crippen molar-refractivity contribution >= 4 is 50.7 Å². The van der Waals surface area contributed by atoms with Gasteiger partial charge in [0.05, 0.1) is 17.2 Å². The molecule has 1 N–H and O–H groups in total. The lowest BCUT2D eigenvalue weighted by atomic mass is 10.1. The largest absolute Gasteiger partial charge is 0.494 e. The van der Waals surface area contributed by atoms with Gasteiger partial charge in [0.25, 0.3) is 10.0 Å². The van der Waals surface area contributed by atoms with Crippen molar-refractivity contribution in [3.8, 4) is 5.75 Å². The number of rotatable bonds is 11. The summed E-state index contributed by atoms with van der Waals surface area (Å²) < 4.78 is 34.5. The van der Waals surface area contributed by atoms with E-state index in [1.165, 1.54) is 17.0 Å². The molecule has 2 amide bonds. The van der Waals surface area contributed by atoms with Gasteiger partial charge in [-0.1, -0.05) is 47.0 Å². The zero-order valence-electron chi connectivity index (χ0n) is 24.6. The molecule has 3 aromatic rings. The molecule has 1 atom stereocenters. The second-order valence-electron chi connectivity index (χ2n) is 10.9. The number of anilines is 1. The fourth-order valence-electron chi connectivity index (χ4n) is 4.15. The molecule has 226 valence electrons. The molecule has 8 nitrogen and oxygen atoms in total. The van der Waals surface area contributed by atoms with Gasteiger partial charge in [-0.3, -0.25) is 13.9 Å². The highest BCUT2D eigenvalue weighted by Crippen LogP contribution is 2.29. The summed E-state index contributed by atoms with van der Waals surface area (Å²) in [4.78, 5) is 28.6. The van der Waals surface area contributed by atoms with Crippen LogP contribution in [0.3, 0.4) is 0 Å². The highest BCUT2D eigenvalue weighted by atomic mass is 35.5. The first-order valence-corrected chi connectivity index (χ1v) is 15.7. The number of ether oxygens (including phenoxy) is 1. The van der Waals surface area contributed by atoms with Gasteiger partial charge >= 0.3 is 0 Å². The van der Waals surface area contributed by atoms with E-state index in [4.69, 9.17) is 27.9 Å². The molecule has 0 fully saturated rings. The number of nitrogens with zero attached hydrogens (tertiary/aromatic N) is 2. The summed E-state index contributed by atoms with van der Waals surface area (Å²) in [5.74, 6) is -0.496. The summed E-state index contributed by atoms with van der Waals surface area (Å²) in [6.07, 6.45) is 0. The molecule has 3 aromatic carbocycles. The quantitative estimate of drug-likeness (QED) is 0.270. The average molecular weight is 635 g/mol. The van der Waals surface area contributed by atoms with E-state index in [0.29, 0.717) is 33.7 Å². The number of carbonyl (C=O) groups is 2. The highest BCUT2D eigenvalue weighted by molar-refractivity contribution is 7.92. The number of hydrogen-bond acceptors (Lipinski definition) is 5. The molecule has 0 bridgehead atoms. The monoisotopic (exact) mass is 633 g/mol. The molecule has 0 saturated carbocycles. The summed E-state index contributed by atoms with van der Waals surface area (Å²) in [5.41, 5.74) is 1.10. The lowest BCUT2D eigenvalue weighted by Gasteiger charge is -2.34. The first-order valence-electron chi connectivity index (χ1n) is 13.5. The van der Waals surface area contributed by atoms with Crippen LogP contribution in [0, 0.1) is 6.92 Å². The van der Waals surface area contributed by atoms with Crippen LogP contribution in [-0.4, -0.2) is 49.9 Å². The summed E-state index contributed by atoms with van der Waals surface area (Å²) in [5, 5.41) is 3.53. The standard InChI is InChI=1S/C31H37Cl2N3O5S/c1-7-41-24-15-17-25(18-16-24)42(39,40)36(23-13-11-21(2)12-14-23)20-29(37)35(22(3)30(38)34-31(4,5)6)19-26-27(32)9-8-10-28(26)33/h8-18,22H,7,19-20H2,1-6H3,(H,34,38). The molecule has 0 aliphatic carbocycles. The van der Waals surface area contributed by atoms with Crippen LogP contribution >= 0.6 is 23.2 Å². The van der Waals surface area contributed by atoms with Crippen LogP contribution < -0.4 is 14.4 Å². The van der Waals surface area contributed by atoms with Crippen LogP contribution in [0.1, 0.15) is 45.7 Å². The first kappa shape index (κ1) is 33.2. The van der Waals surface area contributed by atoms with Crippen molar-refractivity contribution < 1.29 is 22.7 Å². The normalized spacial score (nSPS) is 12.4. The topological polar surface area (TPSA) is 96.0 Å². The van der Waals surface area contributed by atoms with Gasteiger partial charge in [0.15, 0.2) is 0 Å². The highest BCUT2D eigenvalue weighted by Gasteiger charge is 2.34. The van der Waals surface area contributed by atoms with E-state index in [1.54, 1.807) is 61.5 Å². The fourth-order valence-corrected chi connectivity index (χ4v) is 6.08. The van der Waals surface area contributed by atoms with Gasteiger partial charge in [-0.05, 0) is 90.1 Å². The first-order chi connectivity index (χ1) is 19.6. The number of benzene rings is 3. The van der Waals surface area contributed by atoms with Crippen LogP contribution in [0.4, 0.5) is 5.69 Å². The average Bonchev–Trinajstić information content (AvgIpc) is 2.91. The zero-order chi connectivity index (χ0) is 31.2. The Morgan fingerprint density at radius 2 is 1.52 bits per heavy atom. The molecule has 11 heteroatoms. The molecular weight excluding hydrogens is 597 g/mol. The number of aryl methyl sites for hydroxylation is 1. The minimum atomic E-state index is -4.21. The Kier molecular flexibility index (Phi) is 10.9. The maximum atomic E-state index is 14.1. The second-order valence-corrected chi connectivity index (χ2v) is 13.6. The number of halogens is 2. The molecule has 0 aliphatic heterocycles. The molecule has 0 aromatic heterocycles. The van der Waals surface area contributed by atoms with E-state index in [9.17, 15) is 18.0 Å². The third-order valence-electron chi connectivity index (χ3n) is 6.38. The van der Waals surface area contributed by atoms with Crippen LogP contribution in [0.2, 0.25) is 10.0 Å². The van der Waals surface area contributed by atoms with Gasteiger partial charge < -0.3 is 15.0 Å². The lowest BCUT2D eigenvalue weighted by molar-refractivity contribution is -0.140. The third-order valence-corrected chi connectivity index (χ3v) is 8.88. The molecule has 1 unspecified atom stereocenters.